The maximum atomic E-state index is 11.8. The molecular formula is C13H20NO2+. The third kappa shape index (κ3) is 4.13. The molecule has 16 heavy (non-hydrogen) atoms. The highest BCUT2D eigenvalue weighted by molar-refractivity contribution is 5.96. The average Bonchev–Trinajstić information content (AvgIpc) is 2.27. The Morgan fingerprint density at radius 3 is 2.38 bits per heavy atom. The number of carbonyl (C=O) groups is 1. The molecule has 0 atom stereocenters. The topological polar surface area (TPSA) is 37.3 Å². The fourth-order valence-electron chi connectivity index (χ4n) is 1.56. The summed E-state index contributed by atoms with van der Waals surface area (Å²) < 4.78 is 0.676. The molecule has 0 aromatic heterocycles. The molecule has 1 rings (SSSR count). The minimum Gasteiger partial charge on any atom is -0.391 e. The van der Waals surface area contributed by atoms with Crippen molar-refractivity contribution in [2.45, 2.75) is 6.42 Å². The zero-order valence-electron chi connectivity index (χ0n) is 10.0. The fraction of sp³-hybridized carbons (Fsp3) is 0.462. The van der Waals surface area contributed by atoms with Crippen LogP contribution in [0.15, 0.2) is 30.3 Å². The fourth-order valence-corrected chi connectivity index (χ4v) is 1.56. The van der Waals surface area contributed by atoms with Crippen molar-refractivity contribution in [3.05, 3.63) is 35.9 Å². The smallest absolute Gasteiger partial charge is 0.168 e. The molecule has 0 amide bonds. The third-order valence-electron chi connectivity index (χ3n) is 2.75. The lowest BCUT2D eigenvalue weighted by Crippen LogP contribution is -2.43. The molecule has 0 spiro atoms. The molecule has 1 aromatic carbocycles. The molecule has 0 heterocycles. The third-order valence-corrected chi connectivity index (χ3v) is 2.75. The van der Waals surface area contributed by atoms with Crippen LogP contribution in [0.3, 0.4) is 0 Å². The number of carbonyl (C=O) groups excluding carboxylic acids is 1. The molecule has 1 N–H and O–H groups in total. The Morgan fingerprint density at radius 1 is 1.19 bits per heavy atom. The van der Waals surface area contributed by atoms with Gasteiger partial charge < -0.3 is 9.59 Å². The molecule has 0 bridgehead atoms. The van der Waals surface area contributed by atoms with Crippen LogP contribution in [-0.4, -0.2) is 49.2 Å². The minimum absolute atomic E-state index is 0.159. The van der Waals surface area contributed by atoms with Crippen LogP contribution in [0.2, 0.25) is 0 Å². The van der Waals surface area contributed by atoms with Crippen LogP contribution >= 0.6 is 0 Å². The molecule has 0 aliphatic carbocycles. The van der Waals surface area contributed by atoms with Crippen molar-refractivity contribution in [1.29, 1.82) is 0 Å². The van der Waals surface area contributed by atoms with Gasteiger partial charge in [-0.3, -0.25) is 4.79 Å². The summed E-state index contributed by atoms with van der Waals surface area (Å²) in [5.74, 6) is 0.171. The van der Waals surface area contributed by atoms with Gasteiger partial charge in [0.25, 0.3) is 0 Å². The molecule has 0 aliphatic rings. The van der Waals surface area contributed by atoms with Gasteiger partial charge in [0.2, 0.25) is 0 Å². The zero-order chi connectivity index (χ0) is 12.0. The summed E-state index contributed by atoms with van der Waals surface area (Å²) in [5.41, 5.74) is 0.770. The van der Waals surface area contributed by atoms with Crippen LogP contribution in [0.5, 0.6) is 0 Å². The number of nitrogens with zero attached hydrogens (tertiary/aromatic N) is 1. The highest BCUT2D eigenvalue weighted by Crippen LogP contribution is 2.06. The monoisotopic (exact) mass is 222 g/mol. The first-order chi connectivity index (χ1) is 7.55. The molecule has 0 saturated heterocycles. The standard InChI is InChI=1S/C13H20NO2/c1-14(2,10-11-15)9-8-13(16)12-6-4-3-5-7-12/h3-7,15H,8-11H2,1-2H3/q+1. The van der Waals surface area contributed by atoms with Crippen LogP contribution in [0.1, 0.15) is 16.8 Å². The van der Waals surface area contributed by atoms with Crippen LogP contribution in [0, 0.1) is 0 Å². The predicted octanol–water partition coefficient (Wildman–Crippen LogP) is 1.33. The van der Waals surface area contributed by atoms with E-state index < -0.39 is 0 Å². The first-order valence-electron chi connectivity index (χ1n) is 5.56. The van der Waals surface area contributed by atoms with E-state index in [2.05, 4.69) is 0 Å². The van der Waals surface area contributed by atoms with E-state index in [1.165, 1.54) is 0 Å². The zero-order valence-corrected chi connectivity index (χ0v) is 10.0. The van der Waals surface area contributed by atoms with Crippen LogP contribution < -0.4 is 0 Å². The van der Waals surface area contributed by atoms with Gasteiger partial charge in [-0.15, -0.1) is 0 Å². The summed E-state index contributed by atoms with van der Waals surface area (Å²) in [7, 11) is 4.04. The number of Topliss-reactive ketones (excluding diaryl/α,β-unsaturated/α-hetero) is 1. The number of aliphatic hydroxyl groups is 1. The summed E-state index contributed by atoms with van der Waals surface area (Å²) in [6.07, 6.45) is 0.525. The van der Waals surface area contributed by atoms with Gasteiger partial charge in [-0.1, -0.05) is 30.3 Å². The highest BCUT2D eigenvalue weighted by Gasteiger charge is 2.16. The second-order valence-electron chi connectivity index (χ2n) is 4.65. The van der Waals surface area contributed by atoms with Gasteiger partial charge in [-0.25, -0.2) is 0 Å². The van der Waals surface area contributed by atoms with Gasteiger partial charge in [0.05, 0.1) is 33.7 Å². The number of hydrogen-bond acceptors (Lipinski definition) is 2. The Kier molecular flexibility index (Phi) is 4.65. The maximum absolute atomic E-state index is 11.8. The summed E-state index contributed by atoms with van der Waals surface area (Å²) in [6, 6.07) is 9.34. The quantitative estimate of drug-likeness (QED) is 0.582. The van der Waals surface area contributed by atoms with E-state index in [4.69, 9.17) is 5.11 Å². The van der Waals surface area contributed by atoms with E-state index in [-0.39, 0.29) is 12.4 Å². The summed E-state index contributed by atoms with van der Waals surface area (Å²) in [4.78, 5) is 11.8. The lowest BCUT2D eigenvalue weighted by molar-refractivity contribution is -0.889. The predicted molar refractivity (Wildman–Crippen MR) is 64.3 cm³/mol. The van der Waals surface area contributed by atoms with E-state index in [0.29, 0.717) is 17.4 Å². The Hall–Kier alpha value is -1.19. The average molecular weight is 222 g/mol. The van der Waals surface area contributed by atoms with Gasteiger partial charge >= 0.3 is 0 Å². The molecule has 3 nitrogen and oxygen atoms in total. The molecule has 0 saturated carbocycles. The van der Waals surface area contributed by atoms with Gasteiger partial charge in [-0.05, 0) is 0 Å². The molecule has 0 aliphatic heterocycles. The molecular weight excluding hydrogens is 202 g/mol. The molecule has 0 radical (unpaired) electrons. The number of ketones is 1. The van der Waals surface area contributed by atoms with Crippen molar-refractivity contribution in [1.82, 2.24) is 0 Å². The van der Waals surface area contributed by atoms with Gasteiger partial charge in [0.15, 0.2) is 5.78 Å². The van der Waals surface area contributed by atoms with Crippen molar-refractivity contribution < 1.29 is 14.4 Å². The van der Waals surface area contributed by atoms with E-state index in [9.17, 15) is 4.79 Å². The molecule has 3 heteroatoms. The summed E-state index contributed by atoms with van der Waals surface area (Å²) in [5, 5.41) is 8.88. The Bertz CT molecular complexity index is 333. The van der Waals surface area contributed by atoms with Gasteiger partial charge in [-0.2, -0.15) is 0 Å². The molecule has 0 unspecified atom stereocenters. The van der Waals surface area contributed by atoms with E-state index in [0.717, 1.165) is 12.1 Å². The van der Waals surface area contributed by atoms with Crippen molar-refractivity contribution in [2.24, 2.45) is 0 Å². The molecule has 1 aromatic rings. The Morgan fingerprint density at radius 2 is 1.81 bits per heavy atom. The Balaban J connectivity index is 2.48. The van der Waals surface area contributed by atoms with Crippen LogP contribution in [0.25, 0.3) is 0 Å². The second-order valence-corrected chi connectivity index (χ2v) is 4.65. The normalized spacial score (nSPS) is 11.4. The van der Waals surface area contributed by atoms with Crippen molar-refractivity contribution in [3.8, 4) is 0 Å². The number of likely N-dealkylation sites (N-methyl/N-ethyl adjacent to an activating group) is 1. The van der Waals surface area contributed by atoms with Crippen molar-refractivity contribution >= 4 is 5.78 Å². The SMILES string of the molecule is C[N+](C)(CCO)CCC(=O)c1ccccc1. The van der Waals surface area contributed by atoms with Gasteiger partial charge in [0.1, 0.15) is 6.54 Å². The number of rotatable bonds is 6. The first kappa shape index (κ1) is 12.9. The molecule has 88 valence electrons. The first-order valence-corrected chi connectivity index (χ1v) is 5.56. The second kappa shape index (κ2) is 5.77. The van der Waals surface area contributed by atoms with Gasteiger partial charge in [0, 0.05) is 5.56 Å². The Labute approximate surface area is 96.9 Å². The molecule has 0 fully saturated rings. The largest absolute Gasteiger partial charge is 0.391 e. The van der Waals surface area contributed by atoms with Crippen LogP contribution in [0.4, 0.5) is 0 Å². The van der Waals surface area contributed by atoms with Crippen molar-refractivity contribution in [3.63, 3.8) is 0 Å². The number of aliphatic hydroxyl groups excluding tert-OH is 1. The van der Waals surface area contributed by atoms with E-state index >= 15 is 0 Å². The summed E-state index contributed by atoms with van der Waals surface area (Å²) in [6.45, 7) is 1.60. The van der Waals surface area contributed by atoms with Crippen LogP contribution in [-0.2, 0) is 0 Å². The lowest BCUT2D eigenvalue weighted by atomic mass is 10.1. The lowest BCUT2D eigenvalue weighted by Gasteiger charge is -2.28. The summed E-state index contributed by atoms with van der Waals surface area (Å²) >= 11 is 0. The minimum atomic E-state index is 0.159. The number of hydrogen-bond donors (Lipinski definition) is 1. The van der Waals surface area contributed by atoms with Crippen molar-refractivity contribution in [2.75, 3.05) is 33.8 Å². The number of benzene rings is 1. The highest BCUT2D eigenvalue weighted by atomic mass is 16.3. The number of quaternary nitrogens is 1. The maximum Gasteiger partial charge on any atom is 0.168 e. The van der Waals surface area contributed by atoms with E-state index in [1.54, 1.807) is 0 Å². The van der Waals surface area contributed by atoms with E-state index in [1.807, 2.05) is 44.4 Å².